The molecule has 0 saturated heterocycles. The van der Waals surface area contributed by atoms with Crippen molar-refractivity contribution in [3.8, 4) is 0 Å². The van der Waals surface area contributed by atoms with Gasteiger partial charge in [-0.1, -0.05) is 0 Å². The quantitative estimate of drug-likeness (QED) is 0.144. The molecule has 0 spiro atoms. The monoisotopic (exact) mass is 572 g/mol. The molecule has 37 heavy (non-hydrogen) atoms. The van der Waals surface area contributed by atoms with Gasteiger partial charge in [0.05, 0.1) is 0 Å². The Morgan fingerprint density at radius 1 is 0.459 bits per heavy atom. The topological polar surface area (TPSA) is 34.1 Å². The third-order valence-electron chi connectivity index (χ3n) is 5.23. The van der Waals surface area contributed by atoms with E-state index in [9.17, 15) is 9.59 Å². The molecule has 0 bridgehead atoms. The number of carbonyl (C=O) groups is 2. The molecule has 0 unspecified atom stereocenters. The van der Waals surface area contributed by atoms with Crippen molar-refractivity contribution in [1.82, 2.24) is 0 Å². The van der Waals surface area contributed by atoms with Crippen molar-refractivity contribution in [3.63, 3.8) is 0 Å². The van der Waals surface area contributed by atoms with Crippen LogP contribution in [0.2, 0.25) is 0 Å². The van der Waals surface area contributed by atoms with E-state index in [0.717, 1.165) is 30.3 Å². The van der Waals surface area contributed by atoms with E-state index in [-0.39, 0.29) is 29.5 Å². The summed E-state index contributed by atoms with van der Waals surface area (Å²) in [6, 6.07) is 39.2. The molecule has 0 saturated carbocycles. The van der Waals surface area contributed by atoms with Crippen LogP contribution in [0.3, 0.4) is 0 Å². The molecule has 0 fully saturated rings. The minimum absolute atomic E-state index is 0.0936. The maximum atomic E-state index is 12.9. The van der Waals surface area contributed by atoms with Crippen LogP contribution in [0.4, 0.5) is 0 Å². The molecule has 2 nitrogen and oxygen atoms in total. The van der Waals surface area contributed by atoms with Crippen LogP contribution in [0.25, 0.3) is 20.2 Å². The van der Waals surface area contributed by atoms with Crippen molar-refractivity contribution in [3.05, 3.63) is 168 Å². The van der Waals surface area contributed by atoms with Crippen LogP contribution in [0.1, 0.15) is 22.3 Å². The summed E-state index contributed by atoms with van der Waals surface area (Å²) in [5.41, 5.74) is 3.87. The molecule has 0 aliphatic heterocycles. The first-order valence-electron chi connectivity index (χ1n) is 11.8. The van der Waals surface area contributed by atoms with Gasteiger partial charge < -0.3 is 0 Å². The molecular weight excluding hydrogens is 547 g/mol. The first-order valence-corrected chi connectivity index (χ1v) is 13.4. The zero-order chi connectivity index (χ0) is 25.7. The molecule has 0 aromatic heterocycles. The number of benzene rings is 4. The van der Waals surface area contributed by atoms with E-state index in [0.29, 0.717) is 0 Å². The van der Waals surface area contributed by atoms with Crippen molar-refractivity contribution < 1.29 is 27.6 Å². The summed E-state index contributed by atoms with van der Waals surface area (Å²) < 4.78 is 1.79. The Bertz CT molecular complexity index is 1320. The molecule has 0 radical (unpaired) electrons. The number of hydrogen-bond donors (Lipinski definition) is 0. The number of hydrogen-bond acceptors (Lipinski definition) is 2. The van der Waals surface area contributed by atoms with Crippen LogP contribution in [0.5, 0.6) is 0 Å². The normalized spacial score (nSPS) is 12.3. The fraction of sp³-hybridized carbons (Fsp3) is 0. The number of carbonyl (C=O) groups excluding carboxylic acids is 2. The molecule has 0 heterocycles. The van der Waals surface area contributed by atoms with Crippen LogP contribution in [0, 0.1) is 0 Å². The third-order valence-corrected chi connectivity index (χ3v) is 7.42. The standard InChI is InChI=1S/2C17H13O.Pd/c2*18-17(13-11-15-7-3-1-4-8-15)14-12-16-9-5-2-6-10-16;/h2*1-11,13-14H;. The first kappa shape index (κ1) is 25.9. The van der Waals surface area contributed by atoms with Crippen molar-refractivity contribution in [2.75, 3.05) is 0 Å². The van der Waals surface area contributed by atoms with Gasteiger partial charge in [0.25, 0.3) is 0 Å². The summed E-state index contributed by atoms with van der Waals surface area (Å²) in [6.45, 7) is 0. The van der Waals surface area contributed by atoms with Crippen LogP contribution >= 0.6 is 0 Å². The molecule has 0 N–H and O–H groups in total. The van der Waals surface area contributed by atoms with E-state index in [1.54, 1.807) is 24.3 Å². The van der Waals surface area contributed by atoms with Crippen LogP contribution in [-0.2, 0) is 27.6 Å². The summed E-state index contributed by atoms with van der Waals surface area (Å²) in [5.74, 6) is -0.187. The third kappa shape index (κ3) is 8.48. The van der Waals surface area contributed by atoms with E-state index in [2.05, 4.69) is 0 Å². The van der Waals surface area contributed by atoms with E-state index in [4.69, 9.17) is 0 Å². The number of rotatable bonds is 10. The van der Waals surface area contributed by atoms with Gasteiger partial charge in [0.1, 0.15) is 0 Å². The van der Waals surface area contributed by atoms with Gasteiger partial charge in [-0.25, -0.2) is 0 Å². The summed E-state index contributed by atoms with van der Waals surface area (Å²) in [5, 5.41) is 0. The summed E-state index contributed by atoms with van der Waals surface area (Å²) in [7, 11) is 0. The SMILES string of the molecule is O=C(C=Cc1ccccc1)C=[C]([Pd][C](=CC(=O)C=Cc1ccccc1)c1ccccc1)c1ccccc1. The van der Waals surface area contributed by atoms with E-state index in [1.165, 1.54) is 0 Å². The first-order chi connectivity index (χ1) is 18.2. The summed E-state index contributed by atoms with van der Waals surface area (Å²) >= 11 is -0.150. The van der Waals surface area contributed by atoms with Gasteiger partial charge in [-0.05, 0) is 0 Å². The molecule has 4 rings (SSSR count). The van der Waals surface area contributed by atoms with Gasteiger partial charge >= 0.3 is 227 Å². The van der Waals surface area contributed by atoms with E-state index >= 15 is 0 Å². The molecule has 0 atom stereocenters. The molecule has 4 aromatic carbocycles. The maximum absolute atomic E-state index is 12.9. The predicted molar refractivity (Wildman–Crippen MR) is 150 cm³/mol. The van der Waals surface area contributed by atoms with Gasteiger partial charge in [-0.3, -0.25) is 0 Å². The Hall–Kier alpha value is -4.16. The van der Waals surface area contributed by atoms with E-state index in [1.807, 2.05) is 133 Å². The fourth-order valence-corrected chi connectivity index (χ4v) is 5.47. The fourth-order valence-electron chi connectivity index (χ4n) is 3.38. The molecular formula is C34H26O2Pd. The average molecular weight is 573 g/mol. The average Bonchev–Trinajstić information content (AvgIpc) is 2.96. The van der Waals surface area contributed by atoms with Gasteiger partial charge in [-0.15, -0.1) is 0 Å². The Morgan fingerprint density at radius 2 is 0.784 bits per heavy atom. The van der Waals surface area contributed by atoms with Gasteiger partial charge in [0.15, 0.2) is 0 Å². The number of allylic oxidation sites excluding steroid dienone is 4. The second kappa shape index (κ2) is 13.8. The van der Waals surface area contributed by atoms with E-state index < -0.39 is 0 Å². The summed E-state index contributed by atoms with van der Waals surface area (Å²) in [6.07, 6.45) is 10.2. The van der Waals surface area contributed by atoms with Crippen molar-refractivity contribution in [2.45, 2.75) is 0 Å². The molecule has 184 valence electrons. The molecule has 0 aliphatic rings. The zero-order valence-corrected chi connectivity index (χ0v) is 21.7. The number of ketones is 2. The second-order valence-corrected chi connectivity index (χ2v) is 10.1. The minimum atomic E-state index is -0.150. The van der Waals surface area contributed by atoms with Crippen molar-refractivity contribution in [2.24, 2.45) is 0 Å². The predicted octanol–water partition coefficient (Wildman–Crippen LogP) is 7.72. The zero-order valence-electron chi connectivity index (χ0n) is 20.1. The molecule has 3 heteroatoms. The van der Waals surface area contributed by atoms with Gasteiger partial charge in [0.2, 0.25) is 0 Å². The molecule has 0 amide bonds. The van der Waals surface area contributed by atoms with Gasteiger partial charge in [0, 0.05) is 0 Å². The molecule has 4 aromatic rings. The van der Waals surface area contributed by atoms with Crippen molar-refractivity contribution in [1.29, 1.82) is 0 Å². The Morgan fingerprint density at radius 3 is 1.14 bits per heavy atom. The second-order valence-electron chi connectivity index (χ2n) is 8.02. The summed E-state index contributed by atoms with van der Waals surface area (Å²) in [4.78, 5) is 25.9. The van der Waals surface area contributed by atoms with Crippen LogP contribution in [0.15, 0.2) is 146 Å². The van der Waals surface area contributed by atoms with Gasteiger partial charge in [-0.2, -0.15) is 0 Å². The van der Waals surface area contributed by atoms with Crippen LogP contribution < -0.4 is 0 Å². The Labute approximate surface area is 226 Å². The van der Waals surface area contributed by atoms with Crippen molar-refractivity contribution >= 4 is 31.8 Å². The van der Waals surface area contributed by atoms with Crippen LogP contribution in [-0.4, -0.2) is 11.6 Å². The molecule has 0 aliphatic carbocycles. The Balaban J connectivity index is 1.65. The Kier molecular flexibility index (Phi) is 9.67.